The molecular formula is C18H21NO2. The van der Waals surface area contributed by atoms with Crippen LogP contribution in [-0.4, -0.2) is 11.1 Å². The maximum atomic E-state index is 10.9. The van der Waals surface area contributed by atoms with Crippen LogP contribution in [0.2, 0.25) is 0 Å². The van der Waals surface area contributed by atoms with Crippen molar-refractivity contribution in [2.45, 2.75) is 26.3 Å². The summed E-state index contributed by atoms with van der Waals surface area (Å²) in [5.41, 5.74) is 2.49. The van der Waals surface area contributed by atoms with E-state index in [9.17, 15) is 4.79 Å². The summed E-state index contributed by atoms with van der Waals surface area (Å²) in [4.78, 5) is 10.9. The molecule has 0 aliphatic heterocycles. The largest absolute Gasteiger partial charge is 0.478 e. The number of aromatic carboxylic acids is 1. The first-order valence-corrected chi connectivity index (χ1v) is 7.21. The summed E-state index contributed by atoms with van der Waals surface area (Å²) in [6.45, 7) is 4.40. The fourth-order valence-electron chi connectivity index (χ4n) is 2.35. The lowest BCUT2D eigenvalue weighted by molar-refractivity contribution is 0.0697. The Labute approximate surface area is 125 Å². The molecule has 2 rings (SSSR count). The Morgan fingerprint density at radius 2 is 1.67 bits per heavy atom. The summed E-state index contributed by atoms with van der Waals surface area (Å²) >= 11 is 0. The summed E-state index contributed by atoms with van der Waals surface area (Å²) in [7, 11) is 0. The molecule has 0 spiro atoms. The Kier molecular flexibility index (Phi) is 4.99. The van der Waals surface area contributed by atoms with Crippen LogP contribution in [0.15, 0.2) is 54.6 Å². The Morgan fingerprint density at radius 3 is 2.19 bits per heavy atom. The highest BCUT2D eigenvalue weighted by atomic mass is 16.4. The van der Waals surface area contributed by atoms with Crippen LogP contribution >= 0.6 is 0 Å². The lowest BCUT2D eigenvalue weighted by atomic mass is 9.96. The smallest absolute Gasteiger partial charge is 0.335 e. The average molecular weight is 283 g/mol. The summed E-state index contributed by atoms with van der Waals surface area (Å²) in [5.74, 6) is -0.329. The van der Waals surface area contributed by atoms with Gasteiger partial charge in [0.15, 0.2) is 0 Å². The third-order valence-electron chi connectivity index (χ3n) is 3.38. The van der Waals surface area contributed by atoms with Gasteiger partial charge in [0, 0.05) is 5.69 Å². The van der Waals surface area contributed by atoms with Gasteiger partial charge in [0.1, 0.15) is 0 Å². The van der Waals surface area contributed by atoms with Crippen molar-refractivity contribution in [3.05, 3.63) is 65.7 Å². The molecular weight excluding hydrogens is 262 g/mol. The zero-order chi connectivity index (χ0) is 15.2. The second-order valence-electron chi connectivity index (χ2n) is 5.62. The summed E-state index contributed by atoms with van der Waals surface area (Å²) in [6.07, 6.45) is 1.02. The molecule has 2 aromatic rings. The quantitative estimate of drug-likeness (QED) is 0.815. The number of carboxylic acid groups (broad SMARTS) is 1. The Hall–Kier alpha value is -2.29. The first kappa shape index (κ1) is 15.1. The summed E-state index contributed by atoms with van der Waals surface area (Å²) in [5, 5.41) is 12.4. The minimum Gasteiger partial charge on any atom is -0.478 e. The molecule has 0 amide bonds. The Balaban J connectivity index is 2.17. The molecule has 0 aliphatic carbocycles. The highest BCUT2D eigenvalue weighted by molar-refractivity contribution is 5.88. The molecule has 2 aromatic carbocycles. The van der Waals surface area contributed by atoms with Crippen molar-refractivity contribution < 1.29 is 9.90 Å². The van der Waals surface area contributed by atoms with E-state index in [4.69, 9.17) is 5.11 Å². The second-order valence-corrected chi connectivity index (χ2v) is 5.62. The molecule has 2 N–H and O–H groups in total. The fraction of sp³-hybridized carbons (Fsp3) is 0.278. The topological polar surface area (TPSA) is 49.3 Å². The van der Waals surface area contributed by atoms with Crippen molar-refractivity contribution in [1.82, 2.24) is 0 Å². The van der Waals surface area contributed by atoms with Gasteiger partial charge in [-0.3, -0.25) is 0 Å². The fourth-order valence-corrected chi connectivity index (χ4v) is 2.35. The molecule has 3 heteroatoms. The SMILES string of the molecule is CC(C)CC(Nc1ccc(C(=O)O)cc1)c1ccccc1. The van der Waals surface area contributed by atoms with E-state index in [0.717, 1.165) is 12.1 Å². The molecule has 110 valence electrons. The van der Waals surface area contributed by atoms with Crippen LogP contribution in [0.1, 0.15) is 42.2 Å². The van der Waals surface area contributed by atoms with E-state index in [1.54, 1.807) is 12.1 Å². The van der Waals surface area contributed by atoms with Crippen molar-refractivity contribution in [3.8, 4) is 0 Å². The zero-order valence-corrected chi connectivity index (χ0v) is 12.4. The standard InChI is InChI=1S/C18H21NO2/c1-13(2)12-17(14-6-4-3-5-7-14)19-16-10-8-15(9-11-16)18(20)21/h3-11,13,17,19H,12H2,1-2H3,(H,20,21). The molecule has 0 fully saturated rings. The zero-order valence-electron chi connectivity index (χ0n) is 12.4. The van der Waals surface area contributed by atoms with E-state index in [1.165, 1.54) is 5.56 Å². The van der Waals surface area contributed by atoms with Crippen molar-refractivity contribution in [2.75, 3.05) is 5.32 Å². The third kappa shape index (κ3) is 4.35. The molecule has 0 bridgehead atoms. The molecule has 21 heavy (non-hydrogen) atoms. The predicted octanol–water partition coefficient (Wildman–Crippen LogP) is 4.58. The highest BCUT2D eigenvalue weighted by Gasteiger charge is 2.13. The first-order chi connectivity index (χ1) is 10.1. The number of hydrogen-bond donors (Lipinski definition) is 2. The molecule has 0 saturated heterocycles. The molecule has 0 aromatic heterocycles. The van der Waals surface area contributed by atoms with Gasteiger partial charge in [-0.2, -0.15) is 0 Å². The van der Waals surface area contributed by atoms with Gasteiger partial charge in [-0.1, -0.05) is 44.2 Å². The molecule has 1 unspecified atom stereocenters. The van der Waals surface area contributed by atoms with Crippen LogP contribution in [0.25, 0.3) is 0 Å². The molecule has 1 atom stereocenters. The first-order valence-electron chi connectivity index (χ1n) is 7.21. The van der Waals surface area contributed by atoms with E-state index in [-0.39, 0.29) is 6.04 Å². The van der Waals surface area contributed by atoms with Crippen molar-refractivity contribution in [3.63, 3.8) is 0 Å². The lowest BCUT2D eigenvalue weighted by Gasteiger charge is -2.22. The van der Waals surface area contributed by atoms with Gasteiger partial charge in [0.05, 0.1) is 11.6 Å². The molecule has 0 saturated carbocycles. The van der Waals surface area contributed by atoms with Crippen LogP contribution in [0.3, 0.4) is 0 Å². The van der Waals surface area contributed by atoms with Gasteiger partial charge in [-0.15, -0.1) is 0 Å². The monoisotopic (exact) mass is 283 g/mol. The summed E-state index contributed by atoms with van der Waals surface area (Å²) < 4.78 is 0. The number of hydrogen-bond acceptors (Lipinski definition) is 2. The average Bonchev–Trinajstić information content (AvgIpc) is 2.47. The van der Waals surface area contributed by atoms with Crippen LogP contribution in [-0.2, 0) is 0 Å². The number of rotatable bonds is 6. The van der Waals surface area contributed by atoms with Gasteiger partial charge >= 0.3 is 5.97 Å². The number of benzene rings is 2. The Bertz CT molecular complexity index is 576. The summed E-state index contributed by atoms with van der Waals surface area (Å²) in [6, 6.07) is 17.4. The molecule has 0 aliphatic rings. The van der Waals surface area contributed by atoms with E-state index in [2.05, 4.69) is 31.3 Å². The Morgan fingerprint density at radius 1 is 1.05 bits per heavy atom. The second kappa shape index (κ2) is 6.93. The lowest BCUT2D eigenvalue weighted by Crippen LogP contribution is -2.13. The molecule has 0 heterocycles. The van der Waals surface area contributed by atoms with E-state index in [0.29, 0.717) is 11.5 Å². The van der Waals surface area contributed by atoms with Gasteiger partial charge in [0.2, 0.25) is 0 Å². The van der Waals surface area contributed by atoms with Crippen molar-refractivity contribution >= 4 is 11.7 Å². The predicted molar refractivity (Wildman–Crippen MR) is 85.7 cm³/mol. The van der Waals surface area contributed by atoms with Crippen molar-refractivity contribution in [2.24, 2.45) is 5.92 Å². The number of carbonyl (C=O) groups is 1. The van der Waals surface area contributed by atoms with Gasteiger partial charge in [-0.05, 0) is 42.2 Å². The minimum absolute atomic E-state index is 0.224. The van der Waals surface area contributed by atoms with Gasteiger partial charge < -0.3 is 10.4 Å². The van der Waals surface area contributed by atoms with Crippen LogP contribution in [0.4, 0.5) is 5.69 Å². The molecule has 3 nitrogen and oxygen atoms in total. The van der Waals surface area contributed by atoms with E-state index < -0.39 is 5.97 Å². The number of nitrogens with one attached hydrogen (secondary N) is 1. The maximum absolute atomic E-state index is 10.9. The highest BCUT2D eigenvalue weighted by Crippen LogP contribution is 2.26. The van der Waals surface area contributed by atoms with Crippen LogP contribution in [0.5, 0.6) is 0 Å². The van der Waals surface area contributed by atoms with Gasteiger partial charge in [0.25, 0.3) is 0 Å². The third-order valence-corrected chi connectivity index (χ3v) is 3.38. The van der Waals surface area contributed by atoms with E-state index in [1.807, 2.05) is 30.3 Å². The van der Waals surface area contributed by atoms with Gasteiger partial charge in [-0.25, -0.2) is 4.79 Å². The maximum Gasteiger partial charge on any atom is 0.335 e. The van der Waals surface area contributed by atoms with E-state index >= 15 is 0 Å². The van der Waals surface area contributed by atoms with Crippen molar-refractivity contribution in [1.29, 1.82) is 0 Å². The minimum atomic E-state index is -0.900. The molecule has 0 radical (unpaired) electrons. The van der Waals surface area contributed by atoms with Crippen LogP contribution in [0, 0.1) is 5.92 Å². The van der Waals surface area contributed by atoms with Crippen LogP contribution < -0.4 is 5.32 Å². The normalized spacial score (nSPS) is 12.1. The number of carboxylic acids is 1. The number of anilines is 1.